The molecule has 0 amide bonds. The van der Waals surface area contributed by atoms with Crippen LogP contribution in [0.15, 0.2) is 30.3 Å². The van der Waals surface area contributed by atoms with E-state index in [9.17, 15) is 5.11 Å². The van der Waals surface area contributed by atoms with Gasteiger partial charge < -0.3 is 9.53 Å². The fourth-order valence-electron chi connectivity index (χ4n) is 3.69. The molecule has 21 heavy (non-hydrogen) atoms. The van der Waals surface area contributed by atoms with Crippen LogP contribution in [0, 0.1) is 0 Å². The molecule has 120 valence electrons. The molecule has 0 aromatic heterocycles. The molecule has 0 bridgehead atoms. The van der Waals surface area contributed by atoms with E-state index in [1.54, 1.807) is 0 Å². The predicted octanol–water partition coefficient (Wildman–Crippen LogP) is 5.30. The third kappa shape index (κ3) is 4.41. The minimum absolute atomic E-state index is 0.426. The smallest absolute Gasteiger partial charge is 0.200 e. The Bertz CT molecular complexity index is 379. The van der Waals surface area contributed by atoms with Gasteiger partial charge in [-0.1, -0.05) is 71.9 Å². The molecule has 3 heteroatoms. The standard InChI is InChI=1S/C18H32O2Si/c1-14(2)21(15(3)4,16(5)6)20-13-12-18(19)17-10-8-7-9-11-17/h7-11,14-16,18-19H,12-13H2,1-6H3/t18-/m1/s1. The molecule has 0 aliphatic carbocycles. The molecular weight excluding hydrogens is 276 g/mol. The van der Waals surface area contributed by atoms with E-state index in [1.807, 2.05) is 30.3 Å². The molecule has 1 rings (SSSR count). The maximum absolute atomic E-state index is 10.3. The molecule has 0 saturated heterocycles. The zero-order valence-electron chi connectivity index (χ0n) is 14.5. The van der Waals surface area contributed by atoms with Crippen LogP contribution < -0.4 is 0 Å². The second-order valence-corrected chi connectivity index (χ2v) is 12.3. The van der Waals surface area contributed by atoms with Gasteiger partial charge in [0.25, 0.3) is 0 Å². The Kier molecular flexibility index (Phi) is 7.11. The highest BCUT2D eigenvalue weighted by Gasteiger charge is 2.44. The molecule has 0 unspecified atom stereocenters. The normalized spacial score (nSPS) is 14.2. The topological polar surface area (TPSA) is 29.5 Å². The lowest BCUT2D eigenvalue weighted by Crippen LogP contribution is -2.48. The first-order valence-corrected chi connectivity index (χ1v) is 10.3. The zero-order valence-corrected chi connectivity index (χ0v) is 15.5. The van der Waals surface area contributed by atoms with Crippen molar-refractivity contribution in [2.45, 2.75) is 70.7 Å². The zero-order chi connectivity index (χ0) is 16.0. The number of hydrogen-bond acceptors (Lipinski definition) is 2. The van der Waals surface area contributed by atoms with E-state index >= 15 is 0 Å². The lowest BCUT2D eigenvalue weighted by molar-refractivity contribution is 0.135. The molecule has 0 saturated carbocycles. The molecule has 2 nitrogen and oxygen atoms in total. The van der Waals surface area contributed by atoms with Crippen LogP contribution in [0.5, 0.6) is 0 Å². The van der Waals surface area contributed by atoms with Gasteiger partial charge in [0, 0.05) is 6.61 Å². The quantitative estimate of drug-likeness (QED) is 0.660. The van der Waals surface area contributed by atoms with Crippen LogP contribution in [0.3, 0.4) is 0 Å². The predicted molar refractivity (Wildman–Crippen MR) is 93.0 cm³/mol. The van der Waals surface area contributed by atoms with E-state index in [2.05, 4.69) is 41.5 Å². The molecule has 1 aromatic rings. The van der Waals surface area contributed by atoms with E-state index in [1.165, 1.54) is 0 Å². The second kappa shape index (κ2) is 8.11. The van der Waals surface area contributed by atoms with Gasteiger partial charge in [-0.25, -0.2) is 0 Å². The largest absolute Gasteiger partial charge is 0.416 e. The highest BCUT2D eigenvalue weighted by molar-refractivity contribution is 6.77. The van der Waals surface area contributed by atoms with E-state index in [-0.39, 0.29) is 0 Å². The molecule has 0 heterocycles. The van der Waals surface area contributed by atoms with E-state index in [0.717, 1.165) is 5.56 Å². The highest BCUT2D eigenvalue weighted by Crippen LogP contribution is 2.42. The summed E-state index contributed by atoms with van der Waals surface area (Å²) >= 11 is 0. The summed E-state index contributed by atoms with van der Waals surface area (Å²) in [5, 5.41) is 10.3. The van der Waals surface area contributed by atoms with Gasteiger partial charge in [-0.15, -0.1) is 0 Å². The average Bonchev–Trinajstić information content (AvgIpc) is 2.43. The third-order valence-electron chi connectivity index (χ3n) is 4.63. The molecule has 1 atom stereocenters. The van der Waals surface area contributed by atoms with Crippen LogP contribution in [0.4, 0.5) is 0 Å². The summed E-state index contributed by atoms with van der Waals surface area (Å²) in [7, 11) is -1.81. The average molecular weight is 309 g/mol. The SMILES string of the molecule is CC(C)[Si](OCC[C@@H](O)c1ccccc1)(C(C)C)C(C)C. The van der Waals surface area contributed by atoms with Crippen LogP contribution in [0.2, 0.25) is 16.6 Å². The highest BCUT2D eigenvalue weighted by atomic mass is 28.4. The molecule has 0 radical (unpaired) electrons. The summed E-state index contributed by atoms with van der Waals surface area (Å²) in [6, 6.07) is 9.86. The summed E-state index contributed by atoms with van der Waals surface area (Å²) in [5.41, 5.74) is 2.75. The lowest BCUT2D eigenvalue weighted by atomic mass is 10.1. The molecule has 0 aliphatic rings. The Morgan fingerprint density at radius 3 is 1.81 bits per heavy atom. The van der Waals surface area contributed by atoms with E-state index in [4.69, 9.17) is 4.43 Å². The number of aliphatic hydroxyl groups excluding tert-OH is 1. The van der Waals surface area contributed by atoms with Crippen LogP contribution >= 0.6 is 0 Å². The minimum Gasteiger partial charge on any atom is -0.416 e. The summed E-state index contributed by atoms with van der Waals surface area (Å²) in [6.07, 6.45) is 0.245. The van der Waals surface area contributed by atoms with Crippen molar-refractivity contribution < 1.29 is 9.53 Å². The molecule has 0 spiro atoms. The van der Waals surface area contributed by atoms with E-state index < -0.39 is 14.4 Å². The first-order chi connectivity index (χ1) is 9.82. The van der Waals surface area contributed by atoms with Crippen LogP contribution in [0.25, 0.3) is 0 Å². The van der Waals surface area contributed by atoms with Gasteiger partial charge in [-0.3, -0.25) is 0 Å². The van der Waals surface area contributed by atoms with Crippen molar-refractivity contribution in [1.29, 1.82) is 0 Å². The van der Waals surface area contributed by atoms with Gasteiger partial charge in [0.1, 0.15) is 0 Å². The van der Waals surface area contributed by atoms with Gasteiger partial charge >= 0.3 is 0 Å². The lowest BCUT2D eigenvalue weighted by Gasteiger charge is -2.42. The first-order valence-electron chi connectivity index (χ1n) is 8.19. The third-order valence-corrected chi connectivity index (χ3v) is 10.8. The molecule has 1 N–H and O–H groups in total. The number of hydrogen-bond donors (Lipinski definition) is 1. The van der Waals surface area contributed by atoms with Gasteiger partial charge in [-0.05, 0) is 28.6 Å². The fourth-order valence-corrected chi connectivity index (χ4v) is 9.16. The Morgan fingerprint density at radius 1 is 0.905 bits per heavy atom. The summed E-state index contributed by atoms with van der Waals surface area (Å²) in [5.74, 6) is 0. The maximum Gasteiger partial charge on any atom is 0.200 e. The van der Waals surface area contributed by atoms with Gasteiger partial charge in [-0.2, -0.15) is 0 Å². The van der Waals surface area contributed by atoms with Crippen molar-refractivity contribution in [3.8, 4) is 0 Å². The Balaban J connectivity index is 2.66. The van der Waals surface area contributed by atoms with Gasteiger partial charge in [0.2, 0.25) is 0 Å². The van der Waals surface area contributed by atoms with Crippen molar-refractivity contribution in [2.24, 2.45) is 0 Å². The summed E-state index contributed by atoms with van der Waals surface area (Å²) in [4.78, 5) is 0. The van der Waals surface area contributed by atoms with Gasteiger partial charge in [0.05, 0.1) is 6.10 Å². The second-order valence-electron chi connectivity index (χ2n) is 6.88. The summed E-state index contributed by atoms with van der Waals surface area (Å²) < 4.78 is 6.49. The van der Waals surface area contributed by atoms with Crippen LogP contribution in [-0.4, -0.2) is 20.0 Å². The number of benzene rings is 1. The first kappa shape index (κ1) is 18.4. The number of rotatable bonds is 8. The van der Waals surface area contributed by atoms with E-state index in [0.29, 0.717) is 29.7 Å². The maximum atomic E-state index is 10.3. The number of aliphatic hydroxyl groups is 1. The monoisotopic (exact) mass is 308 g/mol. The Morgan fingerprint density at radius 2 is 1.38 bits per heavy atom. The molecule has 0 fully saturated rings. The van der Waals surface area contributed by atoms with Crippen LogP contribution in [-0.2, 0) is 4.43 Å². The molecule has 0 aliphatic heterocycles. The van der Waals surface area contributed by atoms with Crippen molar-refractivity contribution in [3.05, 3.63) is 35.9 Å². The minimum atomic E-state index is -1.81. The fraction of sp³-hybridized carbons (Fsp3) is 0.667. The molecular formula is C18H32O2Si. The van der Waals surface area contributed by atoms with Crippen molar-refractivity contribution in [1.82, 2.24) is 0 Å². The Hall–Kier alpha value is -0.643. The van der Waals surface area contributed by atoms with Gasteiger partial charge in [0.15, 0.2) is 8.32 Å². The molecule has 1 aromatic carbocycles. The van der Waals surface area contributed by atoms with Crippen molar-refractivity contribution >= 4 is 8.32 Å². The van der Waals surface area contributed by atoms with Crippen LogP contribution in [0.1, 0.15) is 59.6 Å². The van der Waals surface area contributed by atoms with Crippen molar-refractivity contribution in [2.75, 3.05) is 6.61 Å². The Labute approximate surface area is 131 Å². The summed E-state index contributed by atoms with van der Waals surface area (Å²) in [6.45, 7) is 14.4. The van der Waals surface area contributed by atoms with Crippen molar-refractivity contribution in [3.63, 3.8) is 0 Å².